The first-order valence-corrected chi connectivity index (χ1v) is 6.88. The van der Waals surface area contributed by atoms with Crippen LogP contribution in [0.2, 0.25) is 0 Å². The highest BCUT2D eigenvalue weighted by atomic mass is 16.5. The summed E-state index contributed by atoms with van der Waals surface area (Å²) in [7, 11) is 7.18. The Hall–Kier alpha value is -2.63. The highest BCUT2D eigenvalue weighted by molar-refractivity contribution is 5.69. The molecule has 22 heavy (non-hydrogen) atoms. The molecule has 2 aromatic rings. The van der Waals surface area contributed by atoms with E-state index in [0.717, 1.165) is 28.3 Å². The maximum Gasteiger partial charge on any atom is 0.146 e. The smallest absolute Gasteiger partial charge is 0.146 e. The number of aromatic nitrogens is 1. The van der Waals surface area contributed by atoms with Gasteiger partial charge in [0.05, 0.1) is 14.2 Å². The average molecular weight is 302 g/mol. The Labute approximate surface area is 130 Å². The second-order valence-corrected chi connectivity index (χ2v) is 5.23. The summed E-state index contributed by atoms with van der Waals surface area (Å²) in [6.45, 7) is 0. The van der Waals surface area contributed by atoms with Gasteiger partial charge in [0, 0.05) is 38.5 Å². The first kappa shape index (κ1) is 15.8. The number of nitrogens with two attached hydrogens (primary N) is 2. The van der Waals surface area contributed by atoms with Gasteiger partial charge in [-0.05, 0) is 23.3 Å². The lowest BCUT2D eigenvalue weighted by atomic mass is 10.0. The molecule has 0 saturated carbocycles. The molecule has 0 fully saturated rings. The molecule has 0 bridgehead atoms. The monoisotopic (exact) mass is 302 g/mol. The number of anilines is 3. The largest absolute Gasteiger partial charge is 0.494 e. The van der Waals surface area contributed by atoms with Crippen molar-refractivity contribution in [3.63, 3.8) is 0 Å². The predicted octanol–water partition coefficient (Wildman–Crippen LogP) is 1.92. The van der Waals surface area contributed by atoms with E-state index in [2.05, 4.69) is 4.98 Å². The molecule has 0 unspecified atom stereocenters. The van der Waals surface area contributed by atoms with Crippen LogP contribution in [-0.4, -0.2) is 33.3 Å². The van der Waals surface area contributed by atoms with Gasteiger partial charge in [0.1, 0.15) is 23.0 Å². The average Bonchev–Trinajstić information content (AvgIpc) is 2.48. The number of benzene rings is 1. The second-order valence-electron chi connectivity index (χ2n) is 5.23. The first-order chi connectivity index (χ1) is 10.5. The molecule has 1 aromatic carbocycles. The molecule has 6 heteroatoms. The molecule has 0 saturated heterocycles. The minimum Gasteiger partial charge on any atom is -0.494 e. The van der Waals surface area contributed by atoms with Crippen molar-refractivity contribution >= 4 is 17.2 Å². The van der Waals surface area contributed by atoms with Gasteiger partial charge in [0.15, 0.2) is 0 Å². The predicted molar refractivity (Wildman–Crippen MR) is 89.7 cm³/mol. The fraction of sp³-hybridized carbons (Fsp3) is 0.312. The number of hydrogen-bond donors (Lipinski definition) is 2. The fourth-order valence-electron chi connectivity index (χ4n) is 2.37. The van der Waals surface area contributed by atoms with Gasteiger partial charge in [-0.3, -0.25) is 0 Å². The van der Waals surface area contributed by atoms with Crippen molar-refractivity contribution in [2.45, 2.75) is 6.42 Å². The molecule has 6 nitrogen and oxygen atoms in total. The van der Waals surface area contributed by atoms with Gasteiger partial charge in [-0.25, -0.2) is 4.98 Å². The van der Waals surface area contributed by atoms with Crippen LogP contribution in [0.15, 0.2) is 24.4 Å². The van der Waals surface area contributed by atoms with E-state index >= 15 is 0 Å². The van der Waals surface area contributed by atoms with Crippen LogP contribution < -0.4 is 25.8 Å². The Morgan fingerprint density at radius 1 is 1.05 bits per heavy atom. The molecule has 0 aliphatic heterocycles. The van der Waals surface area contributed by atoms with Crippen molar-refractivity contribution in [2.24, 2.45) is 0 Å². The summed E-state index contributed by atoms with van der Waals surface area (Å²) in [4.78, 5) is 6.05. The zero-order chi connectivity index (χ0) is 16.3. The van der Waals surface area contributed by atoms with E-state index in [1.165, 1.54) is 0 Å². The SMILES string of the molecule is COc1cc(Cc2cnc(N)cc2N)cc(OC)c1N(C)C. The van der Waals surface area contributed by atoms with Crippen molar-refractivity contribution < 1.29 is 9.47 Å². The van der Waals surface area contributed by atoms with Crippen molar-refractivity contribution in [3.8, 4) is 11.5 Å². The Kier molecular flexibility index (Phi) is 4.60. The highest BCUT2D eigenvalue weighted by Crippen LogP contribution is 2.38. The van der Waals surface area contributed by atoms with Gasteiger partial charge in [-0.2, -0.15) is 0 Å². The van der Waals surface area contributed by atoms with Crippen LogP contribution in [0.25, 0.3) is 0 Å². The molecule has 0 spiro atoms. The fourth-order valence-corrected chi connectivity index (χ4v) is 2.37. The lowest BCUT2D eigenvalue weighted by molar-refractivity contribution is 0.395. The maximum atomic E-state index is 6.00. The van der Waals surface area contributed by atoms with Gasteiger partial charge in [-0.1, -0.05) is 0 Å². The normalized spacial score (nSPS) is 10.4. The minimum atomic E-state index is 0.416. The van der Waals surface area contributed by atoms with Crippen LogP contribution in [-0.2, 0) is 6.42 Å². The molecule has 4 N–H and O–H groups in total. The number of hydrogen-bond acceptors (Lipinski definition) is 6. The lowest BCUT2D eigenvalue weighted by Crippen LogP contribution is -2.12. The first-order valence-electron chi connectivity index (χ1n) is 6.88. The van der Waals surface area contributed by atoms with Gasteiger partial charge in [0.25, 0.3) is 0 Å². The number of methoxy groups -OCH3 is 2. The molecular weight excluding hydrogens is 280 g/mol. The topological polar surface area (TPSA) is 86.6 Å². The van der Waals surface area contributed by atoms with Gasteiger partial charge < -0.3 is 25.8 Å². The zero-order valence-corrected chi connectivity index (χ0v) is 13.4. The summed E-state index contributed by atoms with van der Waals surface area (Å²) in [5.41, 5.74) is 15.1. The van der Waals surface area contributed by atoms with E-state index in [-0.39, 0.29) is 0 Å². The van der Waals surface area contributed by atoms with Gasteiger partial charge in [0.2, 0.25) is 0 Å². The molecule has 0 aliphatic rings. The molecule has 118 valence electrons. The van der Waals surface area contributed by atoms with Crippen LogP contribution in [0.3, 0.4) is 0 Å². The van der Waals surface area contributed by atoms with Crippen LogP contribution in [0.4, 0.5) is 17.2 Å². The third kappa shape index (κ3) is 3.16. The highest BCUT2D eigenvalue weighted by Gasteiger charge is 2.15. The molecular formula is C16H22N4O2. The van der Waals surface area contributed by atoms with Crippen molar-refractivity contribution in [2.75, 3.05) is 44.7 Å². The molecule has 0 amide bonds. The quantitative estimate of drug-likeness (QED) is 0.877. The Bertz CT molecular complexity index is 646. The standard InChI is InChI=1S/C16H22N4O2/c1-20(2)16-13(21-3)6-10(7-14(16)22-4)5-11-9-19-15(18)8-12(11)17/h6-9H,5H2,1-4H3,(H4,17,18,19). The number of nitrogens with zero attached hydrogens (tertiary/aromatic N) is 2. The third-order valence-corrected chi connectivity index (χ3v) is 3.43. The number of pyridine rings is 1. The molecule has 0 radical (unpaired) electrons. The molecule has 1 heterocycles. The summed E-state index contributed by atoms with van der Waals surface area (Å²) in [6, 6.07) is 5.62. The van der Waals surface area contributed by atoms with Crippen LogP contribution in [0, 0.1) is 0 Å². The van der Waals surface area contributed by atoms with Crippen LogP contribution >= 0.6 is 0 Å². The summed E-state index contributed by atoms with van der Waals surface area (Å²) in [6.07, 6.45) is 2.32. The second kappa shape index (κ2) is 6.43. The lowest BCUT2D eigenvalue weighted by Gasteiger charge is -2.21. The van der Waals surface area contributed by atoms with Crippen LogP contribution in [0.1, 0.15) is 11.1 Å². The van der Waals surface area contributed by atoms with E-state index in [1.807, 2.05) is 31.1 Å². The van der Waals surface area contributed by atoms with Crippen molar-refractivity contribution in [1.82, 2.24) is 4.98 Å². The molecule has 0 atom stereocenters. The van der Waals surface area contributed by atoms with Gasteiger partial charge >= 0.3 is 0 Å². The van der Waals surface area contributed by atoms with E-state index in [4.69, 9.17) is 20.9 Å². The van der Waals surface area contributed by atoms with E-state index in [9.17, 15) is 0 Å². The minimum absolute atomic E-state index is 0.416. The van der Waals surface area contributed by atoms with Crippen LogP contribution in [0.5, 0.6) is 11.5 Å². The van der Waals surface area contributed by atoms with E-state index in [0.29, 0.717) is 17.9 Å². The number of rotatable bonds is 5. The molecule has 2 rings (SSSR count). The summed E-state index contributed by atoms with van der Waals surface area (Å²) < 4.78 is 11.0. The number of nitrogen functional groups attached to an aromatic ring is 2. The maximum absolute atomic E-state index is 6.00. The zero-order valence-electron chi connectivity index (χ0n) is 13.4. The third-order valence-electron chi connectivity index (χ3n) is 3.43. The van der Waals surface area contributed by atoms with E-state index < -0.39 is 0 Å². The molecule has 1 aromatic heterocycles. The van der Waals surface area contributed by atoms with E-state index in [1.54, 1.807) is 26.5 Å². The number of ether oxygens (including phenoxy) is 2. The van der Waals surface area contributed by atoms with Crippen molar-refractivity contribution in [1.29, 1.82) is 0 Å². The Morgan fingerprint density at radius 2 is 1.64 bits per heavy atom. The summed E-state index contributed by atoms with van der Waals surface area (Å²) >= 11 is 0. The Morgan fingerprint density at radius 3 is 2.09 bits per heavy atom. The summed E-state index contributed by atoms with van der Waals surface area (Å²) in [5, 5.41) is 0. The molecule has 0 aliphatic carbocycles. The van der Waals surface area contributed by atoms with Gasteiger partial charge in [-0.15, -0.1) is 0 Å². The summed E-state index contributed by atoms with van der Waals surface area (Å²) in [5.74, 6) is 1.92. The van der Waals surface area contributed by atoms with Crippen molar-refractivity contribution in [3.05, 3.63) is 35.5 Å². The Balaban J connectivity index is 2.43.